The third-order valence-corrected chi connectivity index (χ3v) is 5.15. The molecule has 5 nitrogen and oxygen atoms in total. The Hall–Kier alpha value is -2.17. The van der Waals surface area contributed by atoms with Crippen molar-refractivity contribution in [1.82, 2.24) is 4.72 Å². The molecule has 148 valence electrons. The summed E-state index contributed by atoms with van der Waals surface area (Å²) in [5.41, 5.74) is -3.98. The zero-order valence-corrected chi connectivity index (χ0v) is 14.9. The third-order valence-electron chi connectivity index (χ3n) is 3.75. The largest absolute Gasteiger partial charge is 0.491 e. The molecule has 0 fully saturated rings. The van der Waals surface area contributed by atoms with E-state index in [2.05, 4.69) is 0 Å². The second kappa shape index (κ2) is 7.83. The lowest BCUT2D eigenvalue weighted by molar-refractivity contribution is -0.263. The standard InChI is InChI=1S/C17H17F4NO4S/c1-2-26-15-9-8-13(10-14(15)18)27(24,25)22-11-16(23,17(19,20)21)12-6-4-3-5-7-12/h3-10,22-23H,2,11H2,1H3/t16-/m1/s1. The van der Waals surface area contributed by atoms with Crippen LogP contribution >= 0.6 is 0 Å². The normalized spacial score (nSPS) is 14.6. The van der Waals surface area contributed by atoms with Crippen LogP contribution in [0.5, 0.6) is 5.75 Å². The Morgan fingerprint density at radius 1 is 1.11 bits per heavy atom. The fourth-order valence-electron chi connectivity index (χ4n) is 2.28. The van der Waals surface area contributed by atoms with Crippen molar-refractivity contribution in [3.63, 3.8) is 0 Å². The van der Waals surface area contributed by atoms with Crippen LogP contribution in [0, 0.1) is 5.82 Å². The molecule has 0 heterocycles. The minimum Gasteiger partial charge on any atom is -0.491 e. The monoisotopic (exact) mass is 407 g/mol. The molecule has 0 unspecified atom stereocenters. The molecule has 0 aliphatic heterocycles. The third kappa shape index (κ3) is 4.57. The highest BCUT2D eigenvalue weighted by atomic mass is 32.2. The minimum absolute atomic E-state index is 0.150. The highest BCUT2D eigenvalue weighted by Crippen LogP contribution is 2.38. The summed E-state index contributed by atoms with van der Waals surface area (Å²) in [6.45, 7) is 0.377. The van der Waals surface area contributed by atoms with Crippen molar-refractivity contribution < 1.29 is 35.8 Å². The Morgan fingerprint density at radius 3 is 2.26 bits per heavy atom. The predicted octanol–water partition coefficient (Wildman–Crippen LogP) is 2.95. The van der Waals surface area contributed by atoms with E-state index in [1.165, 1.54) is 18.2 Å². The summed E-state index contributed by atoms with van der Waals surface area (Å²) < 4.78 is 85.2. The van der Waals surface area contributed by atoms with Gasteiger partial charge in [0.15, 0.2) is 17.2 Å². The van der Waals surface area contributed by atoms with Crippen molar-refractivity contribution in [3.05, 3.63) is 59.9 Å². The van der Waals surface area contributed by atoms with Gasteiger partial charge < -0.3 is 9.84 Å². The Labute approximate surface area is 153 Å². The Bertz CT molecular complexity index is 888. The number of halogens is 4. The molecule has 0 saturated carbocycles. The molecular formula is C17H17F4NO4S. The molecule has 0 bridgehead atoms. The molecule has 0 aliphatic carbocycles. The van der Waals surface area contributed by atoms with Gasteiger partial charge >= 0.3 is 6.18 Å². The Morgan fingerprint density at radius 2 is 1.74 bits per heavy atom. The van der Waals surface area contributed by atoms with E-state index in [0.29, 0.717) is 6.07 Å². The van der Waals surface area contributed by atoms with Gasteiger partial charge in [0.25, 0.3) is 0 Å². The number of aliphatic hydroxyl groups is 1. The highest BCUT2D eigenvalue weighted by Gasteiger charge is 2.55. The average molecular weight is 407 g/mol. The van der Waals surface area contributed by atoms with E-state index in [4.69, 9.17) is 4.74 Å². The number of hydrogen-bond acceptors (Lipinski definition) is 4. The summed E-state index contributed by atoms with van der Waals surface area (Å²) in [6, 6.07) is 8.74. The van der Waals surface area contributed by atoms with Crippen molar-refractivity contribution in [1.29, 1.82) is 0 Å². The number of sulfonamides is 1. The first-order valence-electron chi connectivity index (χ1n) is 7.78. The molecule has 0 aliphatic rings. The average Bonchev–Trinajstić information content (AvgIpc) is 2.61. The number of rotatable bonds is 7. The van der Waals surface area contributed by atoms with Gasteiger partial charge in [-0.25, -0.2) is 17.5 Å². The Kier molecular flexibility index (Phi) is 6.13. The molecule has 2 rings (SSSR count). The fourth-order valence-corrected chi connectivity index (χ4v) is 3.36. The van der Waals surface area contributed by atoms with Crippen LogP contribution in [0.4, 0.5) is 17.6 Å². The van der Waals surface area contributed by atoms with Crippen LogP contribution in [0.25, 0.3) is 0 Å². The van der Waals surface area contributed by atoms with Crippen molar-refractivity contribution in [2.24, 2.45) is 0 Å². The predicted molar refractivity (Wildman–Crippen MR) is 89.2 cm³/mol. The molecule has 2 N–H and O–H groups in total. The van der Waals surface area contributed by atoms with Crippen LogP contribution < -0.4 is 9.46 Å². The van der Waals surface area contributed by atoms with Crippen LogP contribution in [0.15, 0.2) is 53.4 Å². The topological polar surface area (TPSA) is 75.6 Å². The molecule has 0 spiro atoms. The lowest BCUT2D eigenvalue weighted by Crippen LogP contribution is -2.51. The zero-order valence-electron chi connectivity index (χ0n) is 14.1. The van der Waals surface area contributed by atoms with Gasteiger partial charge in [-0.1, -0.05) is 30.3 Å². The highest BCUT2D eigenvalue weighted by molar-refractivity contribution is 7.89. The summed E-state index contributed by atoms with van der Waals surface area (Å²) in [6.07, 6.45) is -5.15. The van der Waals surface area contributed by atoms with Gasteiger partial charge in [0, 0.05) is 0 Å². The number of benzene rings is 2. The molecule has 10 heteroatoms. The molecule has 0 radical (unpaired) electrons. The summed E-state index contributed by atoms with van der Waals surface area (Å²) in [7, 11) is -4.52. The summed E-state index contributed by atoms with van der Waals surface area (Å²) >= 11 is 0. The summed E-state index contributed by atoms with van der Waals surface area (Å²) in [5, 5.41) is 10.2. The van der Waals surface area contributed by atoms with Crippen molar-refractivity contribution in [2.75, 3.05) is 13.2 Å². The van der Waals surface area contributed by atoms with Gasteiger partial charge in [-0.3, -0.25) is 0 Å². The lowest BCUT2D eigenvalue weighted by Gasteiger charge is -2.31. The van der Waals surface area contributed by atoms with Gasteiger partial charge in [-0.2, -0.15) is 13.2 Å². The van der Waals surface area contributed by atoms with Crippen molar-refractivity contribution >= 4 is 10.0 Å². The van der Waals surface area contributed by atoms with Gasteiger partial charge in [0.2, 0.25) is 10.0 Å². The summed E-state index contributed by atoms with van der Waals surface area (Å²) in [5.74, 6) is -1.17. The maximum Gasteiger partial charge on any atom is 0.422 e. The van der Waals surface area contributed by atoms with E-state index in [0.717, 1.165) is 24.3 Å². The molecule has 0 amide bonds. The molecule has 2 aromatic rings. The molecule has 2 aromatic carbocycles. The van der Waals surface area contributed by atoms with E-state index in [9.17, 15) is 31.1 Å². The lowest BCUT2D eigenvalue weighted by atomic mass is 9.93. The molecular weight excluding hydrogens is 390 g/mol. The van der Waals surface area contributed by atoms with E-state index < -0.39 is 44.6 Å². The van der Waals surface area contributed by atoms with E-state index in [1.807, 2.05) is 0 Å². The number of nitrogens with one attached hydrogen (secondary N) is 1. The smallest absolute Gasteiger partial charge is 0.422 e. The van der Waals surface area contributed by atoms with Crippen LogP contribution in [0.3, 0.4) is 0 Å². The van der Waals surface area contributed by atoms with Crippen LogP contribution in [-0.4, -0.2) is 32.9 Å². The number of hydrogen-bond donors (Lipinski definition) is 2. The van der Waals surface area contributed by atoms with E-state index >= 15 is 0 Å². The van der Waals surface area contributed by atoms with Crippen LogP contribution in [0.1, 0.15) is 12.5 Å². The first-order chi connectivity index (χ1) is 12.5. The molecule has 1 atom stereocenters. The van der Waals surface area contributed by atoms with Crippen molar-refractivity contribution in [2.45, 2.75) is 23.6 Å². The Balaban J connectivity index is 2.30. The van der Waals surface area contributed by atoms with E-state index in [-0.39, 0.29) is 12.4 Å². The summed E-state index contributed by atoms with van der Waals surface area (Å²) in [4.78, 5) is -0.596. The van der Waals surface area contributed by atoms with Gasteiger partial charge in [0.05, 0.1) is 18.0 Å². The number of ether oxygens (including phenoxy) is 1. The second-order valence-corrected chi connectivity index (χ2v) is 7.34. The molecule has 0 saturated heterocycles. The maximum absolute atomic E-state index is 13.8. The first-order valence-corrected chi connectivity index (χ1v) is 9.26. The molecule has 27 heavy (non-hydrogen) atoms. The second-order valence-electron chi connectivity index (χ2n) is 5.57. The quantitative estimate of drug-likeness (QED) is 0.692. The first kappa shape index (κ1) is 21.1. The van der Waals surface area contributed by atoms with Crippen molar-refractivity contribution in [3.8, 4) is 5.75 Å². The van der Waals surface area contributed by atoms with Crippen LogP contribution in [-0.2, 0) is 15.6 Å². The van der Waals surface area contributed by atoms with E-state index in [1.54, 1.807) is 11.6 Å². The van der Waals surface area contributed by atoms with Gasteiger partial charge in [0.1, 0.15) is 0 Å². The number of alkyl halides is 3. The van der Waals surface area contributed by atoms with Gasteiger partial charge in [-0.15, -0.1) is 0 Å². The minimum atomic E-state index is -5.15. The molecule has 0 aromatic heterocycles. The fraction of sp³-hybridized carbons (Fsp3) is 0.294. The maximum atomic E-state index is 13.8. The van der Waals surface area contributed by atoms with Gasteiger partial charge in [-0.05, 0) is 30.7 Å². The zero-order chi connectivity index (χ0) is 20.3. The SMILES string of the molecule is CCOc1ccc(S(=O)(=O)NC[C@@](O)(c2ccccc2)C(F)(F)F)cc1F. The van der Waals surface area contributed by atoms with Crippen LogP contribution in [0.2, 0.25) is 0 Å².